The fourth-order valence-electron chi connectivity index (χ4n) is 4.32. The molecule has 178 valence electrons. The van der Waals surface area contributed by atoms with Crippen molar-refractivity contribution >= 4 is 34.7 Å². The number of rotatable bonds is 5. The highest BCUT2D eigenvalue weighted by molar-refractivity contribution is 6.12. The lowest BCUT2D eigenvalue weighted by Gasteiger charge is -2.13. The van der Waals surface area contributed by atoms with Gasteiger partial charge in [0.2, 0.25) is 5.91 Å². The van der Waals surface area contributed by atoms with E-state index < -0.39 is 17.6 Å². The monoisotopic (exact) mass is 479 g/mol. The number of fused-ring (bicyclic) bond motifs is 2. The Kier molecular flexibility index (Phi) is 6.04. The van der Waals surface area contributed by atoms with Gasteiger partial charge < -0.3 is 16.4 Å². The third kappa shape index (κ3) is 4.59. The molecule has 1 aliphatic carbocycles. The molecule has 0 heterocycles. The molecular formula is C29H22FN3O3. The maximum atomic E-state index is 14.4. The van der Waals surface area contributed by atoms with E-state index in [4.69, 9.17) is 5.73 Å². The topological polar surface area (TPSA) is 101 Å². The number of primary amides is 1. The largest absolute Gasteiger partial charge is 0.366 e. The Hall–Kier alpha value is -4.78. The maximum Gasteiger partial charge on any atom is 0.255 e. The van der Waals surface area contributed by atoms with Gasteiger partial charge in [0.15, 0.2) is 5.78 Å². The molecule has 0 saturated heterocycles. The summed E-state index contributed by atoms with van der Waals surface area (Å²) < 4.78 is 14.4. The van der Waals surface area contributed by atoms with Crippen LogP contribution in [0.15, 0.2) is 84.9 Å². The summed E-state index contributed by atoms with van der Waals surface area (Å²) in [5, 5.41) is 5.83. The van der Waals surface area contributed by atoms with Crippen molar-refractivity contribution in [3.8, 4) is 0 Å². The summed E-state index contributed by atoms with van der Waals surface area (Å²) in [5.74, 6) is -1.69. The van der Waals surface area contributed by atoms with Crippen LogP contribution in [0, 0.1) is 5.82 Å². The summed E-state index contributed by atoms with van der Waals surface area (Å²) in [4.78, 5) is 37.3. The first kappa shape index (κ1) is 23.0. The smallest absolute Gasteiger partial charge is 0.255 e. The van der Waals surface area contributed by atoms with Crippen molar-refractivity contribution in [2.24, 2.45) is 5.73 Å². The minimum absolute atomic E-state index is 0.0551. The zero-order chi connectivity index (χ0) is 25.2. The second-order valence-corrected chi connectivity index (χ2v) is 8.58. The number of hydrogen-bond acceptors (Lipinski definition) is 4. The van der Waals surface area contributed by atoms with Crippen LogP contribution in [0.5, 0.6) is 0 Å². The van der Waals surface area contributed by atoms with Crippen molar-refractivity contribution in [3.63, 3.8) is 0 Å². The van der Waals surface area contributed by atoms with E-state index in [-0.39, 0.29) is 11.5 Å². The van der Waals surface area contributed by atoms with E-state index in [0.717, 1.165) is 16.8 Å². The molecule has 0 atom stereocenters. The highest BCUT2D eigenvalue weighted by atomic mass is 19.1. The Balaban J connectivity index is 1.38. The van der Waals surface area contributed by atoms with Gasteiger partial charge in [-0.25, -0.2) is 4.39 Å². The van der Waals surface area contributed by atoms with Gasteiger partial charge in [-0.15, -0.1) is 0 Å². The molecule has 7 heteroatoms. The predicted molar refractivity (Wildman–Crippen MR) is 136 cm³/mol. The van der Waals surface area contributed by atoms with Gasteiger partial charge in [-0.3, -0.25) is 14.4 Å². The van der Waals surface area contributed by atoms with E-state index in [1.165, 1.54) is 12.1 Å². The van der Waals surface area contributed by atoms with Crippen molar-refractivity contribution in [2.75, 3.05) is 10.6 Å². The number of anilines is 3. The van der Waals surface area contributed by atoms with E-state index in [0.29, 0.717) is 40.8 Å². The predicted octanol–water partition coefficient (Wildman–Crippen LogP) is 5.25. The Morgan fingerprint density at radius 1 is 0.750 bits per heavy atom. The van der Waals surface area contributed by atoms with Crippen LogP contribution >= 0.6 is 0 Å². The summed E-state index contributed by atoms with van der Waals surface area (Å²) in [6, 6.07) is 23.3. The fraction of sp³-hybridized carbons (Fsp3) is 0.0690. The summed E-state index contributed by atoms with van der Waals surface area (Å²) >= 11 is 0. The lowest BCUT2D eigenvalue weighted by Crippen LogP contribution is -2.13. The molecule has 0 spiro atoms. The Labute approximate surface area is 207 Å². The van der Waals surface area contributed by atoms with Crippen LogP contribution in [0.4, 0.5) is 21.5 Å². The molecule has 0 aliphatic heterocycles. The van der Waals surface area contributed by atoms with Crippen molar-refractivity contribution in [2.45, 2.75) is 12.8 Å². The number of ketones is 1. The molecule has 0 unspecified atom stereocenters. The second kappa shape index (κ2) is 9.46. The minimum atomic E-state index is -0.576. The number of amides is 2. The van der Waals surface area contributed by atoms with Gasteiger partial charge in [0.1, 0.15) is 5.82 Å². The number of nitrogens with two attached hydrogens (primary N) is 1. The van der Waals surface area contributed by atoms with Gasteiger partial charge in [0, 0.05) is 33.6 Å². The molecule has 0 saturated carbocycles. The Morgan fingerprint density at radius 3 is 2.25 bits per heavy atom. The number of halogens is 1. The third-order valence-electron chi connectivity index (χ3n) is 6.19. The molecule has 0 radical (unpaired) electrons. The molecule has 36 heavy (non-hydrogen) atoms. The SMILES string of the molecule is NC(=O)c1ccc2c(c1)C(=O)c1ccc(Nc3ccc(F)c(NC(=O)c4ccccc4)c3)cc1CC2. The third-order valence-corrected chi connectivity index (χ3v) is 6.19. The molecular weight excluding hydrogens is 457 g/mol. The van der Waals surface area contributed by atoms with E-state index in [2.05, 4.69) is 10.6 Å². The van der Waals surface area contributed by atoms with Crippen LogP contribution in [-0.2, 0) is 12.8 Å². The van der Waals surface area contributed by atoms with E-state index in [1.54, 1.807) is 66.7 Å². The van der Waals surface area contributed by atoms with Gasteiger partial charge >= 0.3 is 0 Å². The summed E-state index contributed by atoms with van der Waals surface area (Å²) in [6.45, 7) is 0. The van der Waals surface area contributed by atoms with Crippen LogP contribution in [-0.4, -0.2) is 17.6 Å². The average molecular weight is 480 g/mol. The molecule has 6 nitrogen and oxygen atoms in total. The number of carbonyl (C=O) groups is 3. The minimum Gasteiger partial charge on any atom is -0.366 e. The van der Waals surface area contributed by atoms with Crippen LogP contribution < -0.4 is 16.4 Å². The van der Waals surface area contributed by atoms with Gasteiger partial charge in [0.05, 0.1) is 5.69 Å². The van der Waals surface area contributed by atoms with E-state index in [1.807, 2.05) is 6.07 Å². The van der Waals surface area contributed by atoms with Gasteiger partial charge in [-0.05, 0) is 84.6 Å². The van der Waals surface area contributed by atoms with Gasteiger partial charge in [-0.2, -0.15) is 0 Å². The lowest BCUT2D eigenvalue weighted by molar-refractivity contribution is 0.0997. The highest BCUT2D eigenvalue weighted by Crippen LogP contribution is 2.29. The van der Waals surface area contributed by atoms with E-state index in [9.17, 15) is 18.8 Å². The summed E-state index contributed by atoms with van der Waals surface area (Å²) in [6.07, 6.45) is 1.28. The first-order valence-corrected chi connectivity index (χ1v) is 11.4. The van der Waals surface area contributed by atoms with Crippen molar-refractivity contribution in [1.29, 1.82) is 0 Å². The maximum absolute atomic E-state index is 14.4. The zero-order valence-electron chi connectivity index (χ0n) is 19.2. The zero-order valence-corrected chi connectivity index (χ0v) is 19.2. The standard InChI is InChI=1S/C29H22FN3O3/c30-25-13-11-22(16-26(25)33-29(36)18-4-2-1-3-5-18)32-21-10-12-23-19(14-21)8-6-17-7-9-20(28(31)35)15-24(17)27(23)34/h1-5,7,9-16,32H,6,8H2,(H2,31,35)(H,33,36). The van der Waals surface area contributed by atoms with Crippen LogP contribution in [0.25, 0.3) is 0 Å². The lowest BCUT2D eigenvalue weighted by atomic mass is 9.96. The number of benzene rings is 4. The second-order valence-electron chi connectivity index (χ2n) is 8.58. The van der Waals surface area contributed by atoms with Gasteiger partial charge in [0.25, 0.3) is 5.91 Å². The Morgan fingerprint density at radius 2 is 1.47 bits per heavy atom. The number of hydrogen-bond donors (Lipinski definition) is 3. The fourth-order valence-corrected chi connectivity index (χ4v) is 4.32. The van der Waals surface area contributed by atoms with Crippen LogP contribution in [0.3, 0.4) is 0 Å². The molecule has 2 amide bonds. The Bertz CT molecular complexity index is 1520. The van der Waals surface area contributed by atoms with Crippen molar-refractivity contribution in [1.82, 2.24) is 0 Å². The number of aryl methyl sites for hydroxylation is 2. The quantitative estimate of drug-likeness (QED) is 0.364. The van der Waals surface area contributed by atoms with Crippen LogP contribution in [0.2, 0.25) is 0 Å². The molecule has 4 aromatic carbocycles. The molecule has 4 N–H and O–H groups in total. The van der Waals surface area contributed by atoms with Crippen molar-refractivity contribution < 1.29 is 18.8 Å². The highest BCUT2D eigenvalue weighted by Gasteiger charge is 2.22. The first-order chi connectivity index (χ1) is 17.4. The van der Waals surface area contributed by atoms with E-state index >= 15 is 0 Å². The molecule has 0 bridgehead atoms. The first-order valence-electron chi connectivity index (χ1n) is 11.4. The average Bonchev–Trinajstić information content (AvgIpc) is 3.02. The molecule has 5 rings (SSSR count). The molecule has 0 fully saturated rings. The number of carbonyl (C=O) groups excluding carboxylic acids is 3. The number of nitrogens with one attached hydrogen (secondary N) is 2. The summed E-state index contributed by atoms with van der Waals surface area (Å²) in [5.41, 5.74) is 10.3. The molecule has 0 aromatic heterocycles. The van der Waals surface area contributed by atoms with Gasteiger partial charge in [-0.1, -0.05) is 24.3 Å². The van der Waals surface area contributed by atoms with Crippen molar-refractivity contribution in [3.05, 3.63) is 124 Å². The summed E-state index contributed by atoms with van der Waals surface area (Å²) in [7, 11) is 0. The normalized spacial score (nSPS) is 12.2. The van der Waals surface area contributed by atoms with Crippen LogP contribution in [0.1, 0.15) is 47.8 Å². The molecule has 1 aliphatic rings. The molecule has 4 aromatic rings.